The number of benzene rings is 1. The van der Waals surface area contributed by atoms with Gasteiger partial charge in [0.25, 0.3) is 0 Å². The van der Waals surface area contributed by atoms with Gasteiger partial charge in [0, 0.05) is 13.1 Å². The first kappa shape index (κ1) is 14.3. The molecule has 0 radical (unpaired) electrons. The maximum Gasteiger partial charge on any atom is 0.146 e. The van der Waals surface area contributed by atoms with E-state index in [1.165, 1.54) is 0 Å². The van der Waals surface area contributed by atoms with Crippen LogP contribution in [0.2, 0.25) is 5.02 Å². The number of nitrogens with zero attached hydrogens (tertiary/aromatic N) is 1. The molecule has 0 bridgehead atoms. The molecular weight excluding hydrogens is 278 g/mol. The largest absolute Gasteiger partial charge is 0.495 e. The molecule has 1 heterocycles. The Labute approximate surface area is 122 Å². The third-order valence-corrected chi connectivity index (χ3v) is 3.08. The molecule has 0 aliphatic carbocycles. The Morgan fingerprint density at radius 2 is 1.70 bits per heavy atom. The Hall–Kier alpha value is -2.14. The normalized spacial score (nSPS) is 10.0. The van der Waals surface area contributed by atoms with Crippen LogP contribution in [0.25, 0.3) is 0 Å². The van der Waals surface area contributed by atoms with Gasteiger partial charge in [-0.3, -0.25) is 4.98 Å². The molecule has 1 aromatic carbocycles. The third kappa shape index (κ3) is 3.05. The van der Waals surface area contributed by atoms with Gasteiger partial charge in [0.2, 0.25) is 0 Å². The van der Waals surface area contributed by atoms with Crippen molar-refractivity contribution in [3.63, 3.8) is 0 Å². The second kappa shape index (κ2) is 6.34. The van der Waals surface area contributed by atoms with Crippen LogP contribution in [-0.4, -0.2) is 26.3 Å². The summed E-state index contributed by atoms with van der Waals surface area (Å²) in [7, 11) is 5.00. The number of halogens is 1. The fourth-order valence-electron chi connectivity index (χ4n) is 1.76. The maximum absolute atomic E-state index is 6.13. The molecule has 2 aromatic rings. The molecule has 0 aliphatic rings. The summed E-state index contributed by atoms with van der Waals surface area (Å²) in [5.74, 6) is 1.21. The Morgan fingerprint density at radius 1 is 1.00 bits per heavy atom. The van der Waals surface area contributed by atoms with Crippen molar-refractivity contribution in [2.45, 2.75) is 0 Å². The fraction of sp³-hybridized carbons (Fsp3) is 0.214. The van der Waals surface area contributed by atoms with Gasteiger partial charge in [-0.15, -0.1) is 0 Å². The zero-order valence-electron chi connectivity index (χ0n) is 11.5. The average Bonchev–Trinajstić information content (AvgIpc) is 2.48. The number of methoxy groups -OCH3 is 2. The molecule has 0 atom stereocenters. The molecule has 0 aliphatic heterocycles. The van der Waals surface area contributed by atoms with Crippen molar-refractivity contribution in [1.29, 1.82) is 0 Å². The first-order valence-corrected chi connectivity index (χ1v) is 6.37. The van der Waals surface area contributed by atoms with Gasteiger partial charge >= 0.3 is 0 Å². The lowest BCUT2D eigenvalue weighted by Crippen LogP contribution is -1.98. The molecule has 0 spiro atoms. The summed E-state index contributed by atoms with van der Waals surface area (Å²) in [4.78, 5) is 4.14. The predicted octanol–water partition coefficient (Wildman–Crippen LogP) is 3.54. The molecule has 0 unspecified atom stereocenters. The molecule has 0 fully saturated rings. The summed E-state index contributed by atoms with van der Waals surface area (Å²) < 4.78 is 10.5. The lowest BCUT2D eigenvalue weighted by Gasteiger charge is -2.14. The minimum atomic E-state index is 0.508. The van der Waals surface area contributed by atoms with E-state index in [-0.39, 0.29) is 0 Å². The van der Waals surface area contributed by atoms with Crippen molar-refractivity contribution >= 4 is 28.7 Å². The Bertz CT molecular complexity index is 605. The molecule has 6 heteroatoms. The van der Waals surface area contributed by atoms with Crippen molar-refractivity contribution in [3.05, 3.63) is 35.6 Å². The fourth-order valence-corrected chi connectivity index (χ4v) is 2.00. The molecule has 2 rings (SSSR count). The van der Waals surface area contributed by atoms with Crippen LogP contribution in [0, 0.1) is 0 Å². The predicted molar refractivity (Wildman–Crippen MR) is 81.6 cm³/mol. The number of nitrogens with one attached hydrogen (secondary N) is 2. The molecule has 106 valence electrons. The maximum atomic E-state index is 6.13. The molecular formula is C14H16ClN3O2. The highest BCUT2D eigenvalue weighted by atomic mass is 35.5. The van der Waals surface area contributed by atoms with Gasteiger partial charge in [-0.1, -0.05) is 11.6 Å². The van der Waals surface area contributed by atoms with Crippen LogP contribution >= 0.6 is 11.6 Å². The highest BCUT2D eigenvalue weighted by molar-refractivity contribution is 6.32. The van der Waals surface area contributed by atoms with Crippen molar-refractivity contribution in [2.75, 3.05) is 31.9 Å². The Balaban J connectivity index is 2.34. The number of rotatable bonds is 5. The van der Waals surface area contributed by atoms with Gasteiger partial charge in [-0.2, -0.15) is 0 Å². The van der Waals surface area contributed by atoms with Crippen LogP contribution in [0.3, 0.4) is 0 Å². The number of ether oxygens (including phenoxy) is 2. The number of pyridine rings is 1. The summed E-state index contributed by atoms with van der Waals surface area (Å²) in [6.07, 6.45) is 3.46. The molecule has 2 N–H and O–H groups in total. The smallest absolute Gasteiger partial charge is 0.146 e. The number of aromatic nitrogens is 1. The number of hydrogen-bond donors (Lipinski definition) is 2. The van der Waals surface area contributed by atoms with Crippen LogP contribution < -0.4 is 20.1 Å². The third-order valence-electron chi connectivity index (χ3n) is 2.78. The average molecular weight is 294 g/mol. The molecule has 20 heavy (non-hydrogen) atoms. The van der Waals surface area contributed by atoms with Gasteiger partial charge in [-0.05, 0) is 12.1 Å². The Morgan fingerprint density at radius 3 is 2.35 bits per heavy atom. The van der Waals surface area contributed by atoms with Gasteiger partial charge in [-0.25, -0.2) is 0 Å². The molecule has 0 saturated heterocycles. The van der Waals surface area contributed by atoms with Crippen molar-refractivity contribution in [3.8, 4) is 11.5 Å². The zero-order chi connectivity index (χ0) is 14.5. The first-order valence-electron chi connectivity index (χ1n) is 5.99. The SMILES string of the molecule is CNc1cncc(Nc2cc(Cl)c(OC)cc2OC)c1. The van der Waals surface area contributed by atoms with E-state index in [9.17, 15) is 0 Å². The lowest BCUT2D eigenvalue weighted by molar-refractivity contribution is 0.396. The van der Waals surface area contributed by atoms with Gasteiger partial charge < -0.3 is 20.1 Å². The van der Waals surface area contributed by atoms with Crippen molar-refractivity contribution in [2.24, 2.45) is 0 Å². The van der Waals surface area contributed by atoms with E-state index in [1.807, 2.05) is 13.1 Å². The van der Waals surface area contributed by atoms with Crippen LogP contribution in [0.5, 0.6) is 11.5 Å². The topological polar surface area (TPSA) is 55.4 Å². The number of hydrogen-bond acceptors (Lipinski definition) is 5. The van der Waals surface area contributed by atoms with Crippen LogP contribution in [0.15, 0.2) is 30.6 Å². The quantitative estimate of drug-likeness (QED) is 0.883. The van der Waals surface area contributed by atoms with Gasteiger partial charge in [0.05, 0.1) is 48.7 Å². The highest BCUT2D eigenvalue weighted by Crippen LogP contribution is 2.37. The van der Waals surface area contributed by atoms with Gasteiger partial charge in [0.1, 0.15) is 11.5 Å². The summed E-state index contributed by atoms with van der Waals surface area (Å²) in [5, 5.41) is 6.76. The van der Waals surface area contributed by atoms with E-state index < -0.39 is 0 Å². The van der Waals surface area contributed by atoms with Crippen molar-refractivity contribution < 1.29 is 9.47 Å². The Kier molecular flexibility index (Phi) is 4.53. The summed E-state index contributed by atoms with van der Waals surface area (Å²) in [6.45, 7) is 0. The molecule has 1 aromatic heterocycles. The highest BCUT2D eigenvalue weighted by Gasteiger charge is 2.10. The second-order valence-corrected chi connectivity index (χ2v) is 4.43. The standard InChI is InChI=1S/C14H16ClN3O2/c1-16-9-4-10(8-17-7-9)18-12-5-11(15)13(19-2)6-14(12)20-3/h4-8,16,18H,1-3H3. The van der Waals surface area contributed by atoms with E-state index in [0.29, 0.717) is 16.5 Å². The monoisotopic (exact) mass is 293 g/mol. The zero-order valence-corrected chi connectivity index (χ0v) is 12.3. The van der Waals surface area contributed by atoms with E-state index in [2.05, 4.69) is 15.6 Å². The first-order chi connectivity index (χ1) is 9.67. The van der Waals surface area contributed by atoms with Gasteiger partial charge in [0.15, 0.2) is 0 Å². The number of anilines is 3. The van der Waals surface area contributed by atoms with E-state index in [1.54, 1.807) is 38.7 Å². The van der Waals surface area contributed by atoms with Crippen molar-refractivity contribution in [1.82, 2.24) is 4.98 Å². The van der Waals surface area contributed by atoms with E-state index in [4.69, 9.17) is 21.1 Å². The summed E-state index contributed by atoms with van der Waals surface area (Å²) in [6, 6.07) is 5.43. The van der Waals surface area contributed by atoms with E-state index >= 15 is 0 Å². The van der Waals surface area contributed by atoms with Crippen LogP contribution in [0.1, 0.15) is 0 Å². The lowest BCUT2D eigenvalue weighted by atomic mass is 10.2. The molecule has 5 nitrogen and oxygen atoms in total. The molecule has 0 amide bonds. The van der Waals surface area contributed by atoms with Crippen LogP contribution in [-0.2, 0) is 0 Å². The molecule has 0 saturated carbocycles. The second-order valence-electron chi connectivity index (χ2n) is 4.02. The summed E-state index contributed by atoms with van der Waals surface area (Å²) in [5.41, 5.74) is 2.48. The summed E-state index contributed by atoms with van der Waals surface area (Å²) >= 11 is 6.13. The minimum absolute atomic E-state index is 0.508. The van der Waals surface area contributed by atoms with Crippen LogP contribution in [0.4, 0.5) is 17.1 Å². The minimum Gasteiger partial charge on any atom is -0.495 e. The van der Waals surface area contributed by atoms with E-state index in [0.717, 1.165) is 17.1 Å².